The molecule has 1 aromatic carbocycles. The van der Waals surface area contributed by atoms with Gasteiger partial charge in [-0.2, -0.15) is 4.31 Å². The van der Waals surface area contributed by atoms with Crippen molar-refractivity contribution < 1.29 is 26.0 Å². The third-order valence-electron chi connectivity index (χ3n) is 2.33. The molecular formula is C11H13F4NO2S. The van der Waals surface area contributed by atoms with E-state index in [2.05, 4.69) is 0 Å². The van der Waals surface area contributed by atoms with Crippen LogP contribution in [0.2, 0.25) is 0 Å². The number of sulfonamides is 1. The molecule has 19 heavy (non-hydrogen) atoms. The van der Waals surface area contributed by atoms with Crippen molar-refractivity contribution >= 4 is 10.0 Å². The fraction of sp³-hybridized carbons (Fsp3) is 0.455. The van der Waals surface area contributed by atoms with E-state index in [1.807, 2.05) is 0 Å². The summed E-state index contributed by atoms with van der Waals surface area (Å²) in [4.78, 5) is -0.803. The molecule has 0 aliphatic rings. The van der Waals surface area contributed by atoms with Crippen LogP contribution in [0.4, 0.5) is 17.6 Å². The molecule has 0 fully saturated rings. The van der Waals surface area contributed by atoms with Gasteiger partial charge < -0.3 is 0 Å². The smallest absolute Gasteiger partial charge is 0.209 e. The van der Waals surface area contributed by atoms with Crippen molar-refractivity contribution in [3.8, 4) is 0 Å². The van der Waals surface area contributed by atoms with Gasteiger partial charge in [-0.1, -0.05) is 6.92 Å². The zero-order valence-corrected chi connectivity index (χ0v) is 10.9. The lowest BCUT2D eigenvalue weighted by Gasteiger charge is -2.21. The second kappa shape index (κ2) is 6.33. The Morgan fingerprint density at radius 1 is 1.26 bits per heavy atom. The SMILES string of the molecule is CCCN(CC(F)F)S(=O)(=O)c1ccc(F)cc1F. The fourth-order valence-corrected chi connectivity index (χ4v) is 3.09. The Morgan fingerprint density at radius 3 is 2.37 bits per heavy atom. The number of nitrogens with zero attached hydrogens (tertiary/aromatic N) is 1. The van der Waals surface area contributed by atoms with E-state index >= 15 is 0 Å². The first-order valence-electron chi connectivity index (χ1n) is 5.52. The van der Waals surface area contributed by atoms with E-state index in [-0.39, 0.29) is 6.54 Å². The van der Waals surface area contributed by atoms with E-state index in [4.69, 9.17) is 0 Å². The van der Waals surface area contributed by atoms with Crippen LogP contribution in [0.5, 0.6) is 0 Å². The maximum Gasteiger partial charge on any atom is 0.252 e. The van der Waals surface area contributed by atoms with Gasteiger partial charge in [0.05, 0.1) is 6.54 Å². The Hall–Kier alpha value is -1.15. The predicted octanol–water partition coefficient (Wildman–Crippen LogP) is 2.63. The normalized spacial score (nSPS) is 12.4. The quantitative estimate of drug-likeness (QED) is 0.757. The highest BCUT2D eigenvalue weighted by Crippen LogP contribution is 2.21. The number of rotatable bonds is 6. The van der Waals surface area contributed by atoms with Gasteiger partial charge in [-0.15, -0.1) is 0 Å². The van der Waals surface area contributed by atoms with Crippen LogP contribution in [0.3, 0.4) is 0 Å². The number of halogens is 4. The van der Waals surface area contributed by atoms with Crippen molar-refractivity contribution in [1.29, 1.82) is 0 Å². The predicted molar refractivity (Wildman–Crippen MR) is 61.4 cm³/mol. The summed E-state index contributed by atoms with van der Waals surface area (Å²) < 4.78 is 75.4. The van der Waals surface area contributed by atoms with Crippen LogP contribution in [0, 0.1) is 11.6 Å². The van der Waals surface area contributed by atoms with Crippen LogP contribution in [0.25, 0.3) is 0 Å². The minimum Gasteiger partial charge on any atom is -0.209 e. The first kappa shape index (κ1) is 15.9. The van der Waals surface area contributed by atoms with Gasteiger partial charge >= 0.3 is 0 Å². The van der Waals surface area contributed by atoms with Crippen molar-refractivity contribution in [3.63, 3.8) is 0 Å². The average Bonchev–Trinajstić information content (AvgIpc) is 2.27. The summed E-state index contributed by atoms with van der Waals surface area (Å²) in [5.41, 5.74) is 0. The van der Waals surface area contributed by atoms with Crippen LogP contribution in [-0.2, 0) is 10.0 Å². The second-order valence-electron chi connectivity index (χ2n) is 3.83. The zero-order valence-electron chi connectivity index (χ0n) is 10.1. The molecule has 0 saturated heterocycles. The van der Waals surface area contributed by atoms with Gasteiger partial charge in [0.1, 0.15) is 16.5 Å². The molecule has 0 amide bonds. The van der Waals surface area contributed by atoms with E-state index in [0.29, 0.717) is 16.8 Å². The maximum atomic E-state index is 13.5. The van der Waals surface area contributed by atoms with Crippen molar-refractivity contribution in [2.24, 2.45) is 0 Å². The number of benzene rings is 1. The molecular weight excluding hydrogens is 286 g/mol. The van der Waals surface area contributed by atoms with Crippen LogP contribution < -0.4 is 0 Å². The van der Waals surface area contributed by atoms with Gasteiger partial charge in [0, 0.05) is 12.6 Å². The van der Waals surface area contributed by atoms with Crippen molar-refractivity contribution in [1.82, 2.24) is 4.31 Å². The molecule has 0 aromatic heterocycles. The molecule has 1 rings (SSSR count). The second-order valence-corrected chi connectivity index (χ2v) is 5.74. The summed E-state index contributed by atoms with van der Waals surface area (Å²) in [5, 5.41) is 0. The highest BCUT2D eigenvalue weighted by molar-refractivity contribution is 7.89. The van der Waals surface area contributed by atoms with Gasteiger partial charge in [-0.3, -0.25) is 0 Å². The molecule has 3 nitrogen and oxygen atoms in total. The minimum atomic E-state index is -4.39. The molecule has 0 spiro atoms. The Labute approximate surface area is 108 Å². The average molecular weight is 299 g/mol. The maximum absolute atomic E-state index is 13.5. The number of hydrogen-bond acceptors (Lipinski definition) is 2. The molecule has 1 aromatic rings. The third-order valence-corrected chi connectivity index (χ3v) is 4.22. The lowest BCUT2D eigenvalue weighted by atomic mass is 10.3. The van der Waals surface area contributed by atoms with Gasteiger partial charge in [0.15, 0.2) is 0 Å². The molecule has 0 aliphatic carbocycles. The molecule has 0 heterocycles. The largest absolute Gasteiger partial charge is 0.252 e. The lowest BCUT2D eigenvalue weighted by Crippen LogP contribution is -2.36. The van der Waals surface area contributed by atoms with Gasteiger partial charge in [-0.05, 0) is 18.6 Å². The first-order valence-corrected chi connectivity index (χ1v) is 6.96. The molecule has 0 atom stereocenters. The molecule has 0 N–H and O–H groups in total. The molecule has 108 valence electrons. The third kappa shape index (κ3) is 3.90. The van der Waals surface area contributed by atoms with E-state index in [9.17, 15) is 26.0 Å². The van der Waals surface area contributed by atoms with Gasteiger partial charge in [0.25, 0.3) is 6.43 Å². The van der Waals surface area contributed by atoms with Crippen LogP contribution in [0.1, 0.15) is 13.3 Å². The van der Waals surface area contributed by atoms with Crippen molar-refractivity contribution in [2.75, 3.05) is 13.1 Å². The molecule has 0 saturated carbocycles. The van der Waals surface area contributed by atoms with Crippen molar-refractivity contribution in [2.45, 2.75) is 24.7 Å². The molecule has 0 unspecified atom stereocenters. The zero-order chi connectivity index (χ0) is 14.6. The molecule has 0 radical (unpaired) electrons. The topological polar surface area (TPSA) is 37.4 Å². The Morgan fingerprint density at radius 2 is 1.89 bits per heavy atom. The summed E-state index contributed by atoms with van der Waals surface area (Å²) in [6.07, 6.45) is -2.57. The standard InChI is InChI=1S/C11H13F4NO2S/c1-2-5-16(7-11(14)15)19(17,18)10-4-3-8(12)6-9(10)13/h3-4,6,11H,2,5,7H2,1H3. The van der Waals surface area contributed by atoms with E-state index < -0.39 is 39.5 Å². The Balaban J connectivity index is 3.18. The van der Waals surface area contributed by atoms with Gasteiger partial charge in [0.2, 0.25) is 10.0 Å². The monoisotopic (exact) mass is 299 g/mol. The number of alkyl halides is 2. The first-order chi connectivity index (χ1) is 8.78. The van der Waals surface area contributed by atoms with Crippen molar-refractivity contribution in [3.05, 3.63) is 29.8 Å². The Kier molecular flexibility index (Phi) is 5.30. The lowest BCUT2D eigenvalue weighted by molar-refractivity contribution is 0.119. The van der Waals surface area contributed by atoms with E-state index in [0.717, 1.165) is 12.1 Å². The summed E-state index contributed by atoms with van der Waals surface area (Å²) in [6, 6.07) is 1.90. The number of hydrogen-bond donors (Lipinski definition) is 0. The molecule has 0 bridgehead atoms. The summed E-state index contributed by atoms with van der Waals surface area (Å²) in [7, 11) is -4.39. The summed E-state index contributed by atoms with van der Waals surface area (Å²) in [5.74, 6) is -2.23. The summed E-state index contributed by atoms with van der Waals surface area (Å²) in [6.45, 7) is 0.422. The van der Waals surface area contributed by atoms with E-state index in [1.165, 1.54) is 0 Å². The summed E-state index contributed by atoms with van der Waals surface area (Å²) >= 11 is 0. The molecule has 0 aliphatic heterocycles. The Bertz CT molecular complexity index is 533. The molecule has 8 heteroatoms. The van der Waals surface area contributed by atoms with Gasteiger partial charge in [-0.25, -0.2) is 26.0 Å². The highest BCUT2D eigenvalue weighted by Gasteiger charge is 2.29. The highest BCUT2D eigenvalue weighted by atomic mass is 32.2. The van der Waals surface area contributed by atoms with Crippen LogP contribution in [0.15, 0.2) is 23.1 Å². The van der Waals surface area contributed by atoms with Crippen LogP contribution in [-0.4, -0.2) is 32.2 Å². The van der Waals surface area contributed by atoms with Crippen LogP contribution >= 0.6 is 0 Å². The minimum absolute atomic E-state index is 0.163. The van der Waals surface area contributed by atoms with E-state index in [1.54, 1.807) is 6.92 Å². The fourth-order valence-electron chi connectivity index (χ4n) is 1.54.